The summed E-state index contributed by atoms with van der Waals surface area (Å²) in [6.07, 6.45) is -1.82. The van der Waals surface area contributed by atoms with Gasteiger partial charge in [0.1, 0.15) is 36.3 Å². The van der Waals surface area contributed by atoms with E-state index in [0.717, 1.165) is 0 Å². The van der Waals surface area contributed by atoms with Crippen molar-refractivity contribution >= 4 is 57.4 Å². The van der Waals surface area contributed by atoms with E-state index < -0.39 is 101 Å². The van der Waals surface area contributed by atoms with Crippen LogP contribution >= 0.6 is 0 Å². The van der Waals surface area contributed by atoms with E-state index in [2.05, 4.69) is 10.6 Å². The predicted molar refractivity (Wildman–Crippen MR) is 153 cm³/mol. The molecule has 0 fully saturated rings. The molecule has 0 aromatic rings. The Morgan fingerprint density at radius 1 is 0.674 bits per heavy atom. The molecule has 0 aromatic carbocycles. The zero-order valence-electron chi connectivity index (χ0n) is 25.0. The predicted octanol–water partition coefficient (Wildman–Crippen LogP) is -2.95. The third kappa shape index (κ3) is 22.3. The molecule has 3 unspecified atom stereocenters. The average molecular weight is 685 g/mol. The minimum Gasteiger partial charge on any atom is -0.481 e. The van der Waals surface area contributed by atoms with Gasteiger partial charge in [0, 0.05) is 32.2 Å². The van der Waals surface area contributed by atoms with Gasteiger partial charge < -0.3 is 50.9 Å². The highest BCUT2D eigenvalue weighted by atomic mass is 32.2. The molecule has 4 amide bonds. The quantitative estimate of drug-likeness (QED) is 0.0333. The van der Waals surface area contributed by atoms with Crippen LogP contribution in [0.15, 0.2) is 0 Å². The Bertz CT molecular complexity index is 1190. The largest absolute Gasteiger partial charge is 0.481 e. The molecular formula is C25H40N4O16S. The van der Waals surface area contributed by atoms with Crippen molar-refractivity contribution in [3.05, 3.63) is 0 Å². The Balaban J connectivity index is 4.50. The van der Waals surface area contributed by atoms with Gasteiger partial charge in [-0.2, -0.15) is 8.42 Å². The van der Waals surface area contributed by atoms with Crippen molar-refractivity contribution < 1.29 is 76.1 Å². The van der Waals surface area contributed by atoms with Gasteiger partial charge >= 0.3 is 17.9 Å². The molecule has 0 rings (SSSR count). The van der Waals surface area contributed by atoms with Crippen LogP contribution in [0.5, 0.6) is 0 Å². The van der Waals surface area contributed by atoms with Crippen LogP contribution in [0.2, 0.25) is 0 Å². The molecule has 0 saturated heterocycles. The molecule has 0 saturated carbocycles. The molecule has 0 aromatic heterocycles. The van der Waals surface area contributed by atoms with Crippen LogP contribution in [0.25, 0.3) is 0 Å². The van der Waals surface area contributed by atoms with Crippen LogP contribution in [0, 0.1) is 0 Å². The highest BCUT2D eigenvalue weighted by Crippen LogP contribution is 2.03. The lowest BCUT2D eigenvalue weighted by atomic mass is 10.1. The molecular weight excluding hydrogens is 644 g/mol. The second-order valence-electron chi connectivity index (χ2n) is 9.77. The van der Waals surface area contributed by atoms with E-state index in [4.69, 9.17) is 24.2 Å². The van der Waals surface area contributed by atoms with Crippen molar-refractivity contribution in [1.29, 1.82) is 0 Å². The van der Waals surface area contributed by atoms with Gasteiger partial charge in [-0.1, -0.05) is 0 Å². The fourth-order valence-electron chi connectivity index (χ4n) is 3.44. The van der Waals surface area contributed by atoms with Crippen molar-refractivity contribution in [2.45, 2.75) is 70.0 Å². The highest BCUT2D eigenvalue weighted by Gasteiger charge is 2.30. The van der Waals surface area contributed by atoms with Gasteiger partial charge in [-0.05, 0) is 26.2 Å². The fourth-order valence-corrected chi connectivity index (χ4v) is 4.10. The van der Waals surface area contributed by atoms with Crippen molar-refractivity contribution in [3.8, 4) is 0 Å². The molecule has 8 N–H and O–H groups in total. The molecule has 0 aliphatic carbocycles. The maximum absolute atomic E-state index is 12.5. The maximum atomic E-state index is 12.5. The van der Waals surface area contributed by atoms with Crippen LogP contribution in [-0.2, 0) is 57.9 Å². The van der Waals surface area contributed by atoms with E-state index >= 15 is 0 Å². The van der Waals surface area contributed by atoms with Crippen LogP contribution in [0.3, 0.4) is 0 Å². The number of amides is 4. The smallest absolute Gasteiger partial charge is 0.326 e. The van der Waals surface area contributed by atoms with Gasteiger partial charge in [-0.15, -0.1) is 0 Å². The lowest BCUT2D eigenvalue weighted by molar-refractivity contribution is -0.143. The molecule has 3 atom stereocenters. The number of hydrogen-bond donors (Lipinski definition) is 8. The first-order chi connectivity index (χ1) is 21.4. The number of carbonyl (C=O) groups excluding carboxylic acids is 5. The number of ketones is 1. The summed E-state index contributed by atoms with van der Waals surface area (Å²) in [5.74, 6) is -9.10. The summed E-state index contributed by atoms with van der Waals surface area (Å²) < 4.78 is 42.0. The lowest BCUT2D eigenvalue weighted by Crippen LogP contribution is -2.54. The minimum absolute atomic E-state index is 0.00376. The molecule has 0 bridgehead atoms. The van der Waals surface area contributed by atoms with E-state index in [-0.39, 0.29) is 57.8 Å². The number of aliphatic carboxylic acids is 3. The third-order valence-corrected chi connectivity index (χ3v) is 6.44. The number of rotatable bonds is 26. The van der Waals surface area contributed by atoms with Crippen LogP contribution in [0.4, 0.5) is 0 Å². The van der Waals surface area contributed by atoms with Gasteiger partial charge in [-0.3, -0.25) is 28.5 Å². The number of hydrogen-bond acceptors (Lipinski definition) is 12. The summed E-state index contributed by atoms with van der Waals surface area (Å²) in [5, 5.41) is 35.8. The molecule has 0 heterocycles. The first-order valence-corrected chi connectivity index (χ1v) is 15.5. The number of nitrogens with one attached hydrogen (secondary N) is 4. The van der Waals surface area contributed by atoms with Gasteiger partial charge in [0.05, 0.1) is 19.8 Å². The Hall–Kier alpha value is -4.21. The second-order valence-corrected chi connectivity index (χ2v) is 11.3. The zero-order chi connectivity index (χ0) is 35.3. The van der Waals surface area contributed by atoms with Gasteiger partial charge in [0.2, 0.25) is 23.6 Å². The summed E-state index contributed by atoms with van der Waals surface area (Å²) in [6.45, 7) is 0.782. The number of carboxylic acids is 3. The summed E-state index contributed by atoms with van der Waals surface area (Å²) in [4.78, 5) is 92.7. The molecule has 46 heavy (non-hydrogen) atoms. The normalized spacial score (nSPS) is 13.0. The summed E-state index contributed by atoms with van der Waals surface area (Å²) >= 11 is 0. The second kappa shape index (κ2) is 22.3. The standard InChI is InChI=1S/C25H40N4O16S/c1-15(30)5-6-16(24(37)38)27-21(33)13-45-12-11-44-10-9-26-19(31)8-7-17(25(39)40)29-23(36)18(14-46(41,42)43)28-20(32)3-2-4-22(34)35/h16-18H,2-14H2,1H3,(H,26,31)(H,27,33)(H,28,32)(H,29,36)(H,34,35)(H,37,38)(H,39,40)(H,41,42,43). The van der Waals surface area contributed by atoms with E-state index in [1.165, 1.54) is 6.92 Å². The monoisotopic (exact) mass is 684 g/mol. The van der Waals surface area contributed by atoms with Crippen molar-refractivity contribution in [3.63, 3.8) is 0 Å². The Morgan fingerprint density at radius 2 is 1.24 bits per heavy atom. The SMILES string of the molecule is CC(=O)CCC(NC(=O)COCCOCCNC(=O)CCC(NC(=O)C(CS(=O)(=O)O)NC(=O)CCCC(=O)O)C(=O)O)C(=O)O. The van der Waals surface area contributed by atoms with E-state index in [0.29, 0.717) is 0 Å². The lowest BCUT2D eigenvalue weighted by Gasteiger charge is -2.20. The molecule has 21 heteroatoms. The van der Waals surface area contributed by atoms with E-state index in [9.17, 15) is 51.9 Å². The van der Waals surface area contributed by atoms with Crippen LogP contribution in [-0.4, -0.2) is 132 Å². The number of ether oxygens (including phenoxy) is 2. The van der Waals surface area contributed by atoms with Crippen molar-refractivity contribution in [1.82, 2.24) is 21.3 Å². The fraction of sp³-hybridized carbons (Fsp3) is 0.680. The number of carbonyl (C=O) groups is 8. The first-order valence-electron chi connectivity index (χ1n) is 13.8. The number of carboxylic acid groups (broad SMARTS) is 3. The summed E-state index contributed by atoms with van der Waals surface area (Å²) in [6, 6.07) is -4.82. The first kappa shape index (κ1) is 41.8. The molecule has 0 aliphatic heterocycles. The summed E-state index contributed by atoms with van der Waals surface area (Å²) in [7, 11) is -4.81. The Kier molecular flexibility index (Phi) is 20.3. The zero-order valence-corrected chi connectivity index (χ0v) is 25.8. The topological polar surface area (TPSA) is 318 Å². The van der Waals surface area contributed by atoms with Gasteiger partial charge in [-0.25, -0.2) is 9.59 Å². The Morgan fingerprint density at radius 3 is 1.80 bits per heavy atom. The van der Waals surface area contributed by atoms with Gasteiger partial charge in [0.15, 0.2) is 0 Å². The van der Waals surface area contributed by atoms with Gasteiger partial charge in [0.25, 0.3) is 10.1 Å². The van der Waals surface area contributed by atoms with Crippen LogP contribution < -0.4 is 21.3 Å². The number of Topliss-reactive ketones (excluding diaryl/α,β-unsaturated/α-hetero) is 1. The maximum Gasteiger partial charge on any atom is 0.326 e. The molecule has 0 spiro atoms. The highest BCUT2D eigenvalue weighted by molar-refractivity contribution is 7.85. The molecule has 262 valence electrons. The molecule has 20 nitrogen and oxygen atoms in total. The van der Waals surface area contributed by atoms with Crippen molar-refractivity contribution in [2.75, 3.05) is 38.7 Å². The molecule has 0 radical (unpaired) electrons. The molecule has 0 aliphatic rings. The van der Waals surface area contributed by atoms with E-state index in [1.54, 1.807) is 0 Å². The summed E-state index contributed by atoms with van der Waals surface area (Å²) in [5.41, 5.74) is 0. The van der Waals surface area contributed by atoms with Crippen molar-refractivity contribution in [2.24, 2.45) is 0 Å². The minimum atomic E-state index is -4.81. The van der Waals surface area contributed by atoms with Crippen LogP contribution in [0.1, 0.15) is 51.9 Å². The van der Waals surface area contributed by atoms with E-state index in [1.807, 2.05) is 10.6 Å². The third-order valence-electron chi connectivity index (χ3n) is 5.69. The average Bonchev–Trinajstić information content (AvgIpc) is 2.92. The Labute approximate surface area is 263 Å².